The number of esters is 1. The van der Waals surface area contributed by atoms with Crippen molar-refractivity contribution in [3.8, 4) is 0 Å². The van der Waals surface area contributed by atoms with Gasteiger partial charge in [-0.05, 0) is 0 Å². The molecule has 0 saturated heterocycles. The summed E-state index contributed by atoms with van der Waals surface area (Å²) in [7, 11) is 0. The van der Waals surface area contributed by atoms with E-state index in [1.165, 1.54) is 0 Å². The molecule has 0 heterocycles. The number of carbonyl (C=O) groups is 1. The molecule has 166 valence electrons. The third-order valence-corrected chi connectivity index (χ3v) is 3.13. The number of halogens is 11. The van der Waals surface area contributed by atoms with E-state index in [1.807, 2.05) is 0 Å². The van der Waals surface area contributed by atoms with Crippen LogP contribution in [0, 0.1) is 0 Å². The van der Waals surface area contributed by atoms with E-state index in [9.17, 15) is 58.2 Å². The third kappa shape index (κ3) is 5.46. The van der Waals surface area contributed by atoms with E-state index >= 15 is 0 Å². The lowest BCUT2D eigenvalue weighted by Gasteiger charge is -2.39. The van der Waals surface area contributed by atoms with Crippen LogP contribution in [0.5, 0.6) is 0 Å². The Morgan fingerprint density at radius 3 is 1.79 bits per heavy atom. The summed E-state index contributed by atoms with van der Waals surface area (Å²) in [6.07, 6.45) is -18.3. The predicted octanol–water partition coefficient (Wildman–Crippen LogP) is 3.59. The molecule has 1 atom stereocenters. The number of aliphatic hydroxyl groups is 1. The highest BCUT2D eigenvalue weighted by molar-refractivity contribution is 5.81. The molecule has 0 radical (unpaired) electrons. The van der Waals surface area contributed by atoms with Gasteiger partial charge in [-0.3, -0.25) is 0 Å². The summed E-state index contributed by atoms with van der Waals surface area (Å²) < 4.78 is 149. The van der Waals surface area contributed by atoms with Gasteiger partial charge in [0.15, 0.2) is 0 Å². The number of hydrogen-bond acceptors (Lipinski definition) is 4. The average molecular weight is 442 g/mol. The molecule has 0 rings (SSSR count). The summed E-state index contributed by atoms with van der Waals surface area (Å²) in [5.74, 6) is -14.4. The van der Waals surface area contributed by atoms with Crippen LogP contribution < -0.4 is 0 Å². The van der Waals surface area contributed by atoms with Gasteiger partial charge in [0.25, 0.3) is 0 Å². The van der Waals surface area contributed by atoms with Crippen molar-refractivity contribution in [3.63, 3.8) is 0 Å². The predicted molar refractivity (Wildman–Crippen MR) is 68.4 cm³/mol. The molecule has 0 bridgehead atoms. The van der Waals surface area contributed by atoms with E-state index in [1.54, 1.807) is 0 Å². The molecular formula is C13H13F11O4. The molecule has 0 aliphatic carbocycles. The van der Waals surface area contributed by atoms with Gasteiger partial charge in [-0.15, -0.1) is 0 Å². The second-order valence-electron chi connectivity index (χ2n) is 5.25. The van der Waals surface area contributed by atoms with E-state index in [-0.39, 0.29) is 0 Å². The Labute approximate surface area is 149 Å². The van der Waals surface area contributed by atoms with E-state index < -0.39 is 68.2 Å². The van der Waals surface area contributed by atoms with Crippen molar-refractivity contribution in [2.24, 2.45) is 0 Å². The minimum Gasteiger partial charge on any atom is -0.460 e. The number of carbonyl (C=O) groups excluding carboxylic acids is 1. The maximum Gasteiger partial charge on any atom is 0.438 e. The fourth-order valence-corrected chi connectivity index (χ4v) is 1.63. The molecule has 1 unspecified atom stereocenters. The van der Waals surface area contributed by atoms with Crippen molar-refractivity contribution in [1.29, 1.82) is 0 Å². The van der Waals surface area contributed by atoms with Crippen LogP contribution >= 0.6 is 0 Å². The first kappa shape index (κ1) is 26.4. The Kier molecular flexibility index (Phi) is 8.28. The van der Waals surface area contributed by atoms with Gasteiger partial charge in [0.2, 0.25) is 0 Å². The van der Waals surface area contributed by atoms with Crippen molar-refractivity contribution in [2.75, 3.05) is 19.8 Å². The molecular weight excluding hydrogens is 429 g/mol. The van der Waals surface area contributed by atoms with Crippen LogP contribution in [0.15, 0.2) is 12.7 Å². The zero-order valence-corrected chi connectivity index (χ0v) is 13.5. The van der Waals surface area contributed by atoms with Gasteiger partial charge in [-0.2, -0.15) is 43.9 Å². The summed E-state index contributed by atoms with van der Waals surface area (Å²) in [5.41, 5.74) is -7.52. The second kappa shape index (κ2) is 8.80. The highest BCUT2D eigenvalue weighted by atomic mass is 19.4. The Balaban J connectivity index is 5.08. The highest BCUT2D eigenvalue weighted by Crippen LogP contribution is 2.59. The normalized spacial score (nSPS) is 15.3. The lowest BCUT2D eigenvalue weighted by molar-refractivity contribution is -0.427. The van der Waals surface area contributed by atoms with Crippen LogP contribution in [-0.4, -0.2) is 66.9 Å². The van der Waals surface area contributed by atoms with E-state index in [2.05, 4.69) is 16.1 Å². The molecule has 0 fully saturated rings. The first-order valence-corrected chi connectivity index (χ1v) is 6.98. The van der Waals surface area contributed by atoms with Crippen molar-refractivity contribution < 1.29 is 67.7 Å². The van der Waals surface area contributed by atoms with Gasteiger partial charge >= 0.3 is 35.8 Å². The number of ether oxygens (including phenoxy) is 2. The maximum atomic E-state index is 13.4. The average Bonchev–Trinajstić information content (AvgIpc) is 2.53. The standard InChI is InChI=1S/C13H13F11O4/c1-2-8(26)28-6-7(25)5-27-4-3-9(14,15)11(17,18)10(16,12(19,20)21)13(22,23)24/h2,7,25H,1,3-6H2. The van der Waals surface area contributed by atoms with Crippen LogP contribution in [-0.2, 0) is 14.3 Å². The van der Waals surface area contributed by atoms with Crippen LogP contribution in [0.1, 0.15) is 6.42 Å². The lowest BCUT2D eigenvalue weighted by Crippen LogP contribution is -2.70. The van der Waals surface area contributed by atoms with E-state index in [4.69, 9.17) is 0 Å². The van der Waals surface area contributed by atoms with Crippen molar-refractivity contribution in [1.82, 2.24) is 0 Å². The molecule has 0 aromatic heterocycles. The van der Waals surface area contributed by atoms with Crippen molar-refractivity contribution in [2.45, 2.75) is 42.4 Å². The molecule has 0 spiro atoms. The molecule has 28 heavy (non-hydrogen) atoms. The molecule has 0 aliphatic rings. The molecule has 0 aromatic rings. The third-order valence-electron chi connectivity index (χ3n) is 3.13. The van der Waals surface area contributed by atoms with Crippen molar-refractivity contribution in [3.05, 3.63) is 12.7 Å². The molecule has 0 aliphatic heterocycles. The Morgan fingerprint density at radius 2 is 1.39 bits per heavy atom. The van der Waals surface area contributed by atoms with E-state index in [0.29, 0.717) is 6.08 Å². The van der Waals surface area contributed by atoms with Gasteiger partial charge in [-0.25, -0.2) is 9.18 Å². The second-order valence-corrected chi connectivity index (χ2v) is 5.25. The molecule has 0 amide bonds. The van der Waals surface area contributed by atoms with Crippen molar-refractivity contribution >= 4 is 5.97 Å². The van der Waals surface area contributed by atoms with Crippen LogP contribution in [0.3, 0.4) is 0 Å². The fraction of sp³-hybridized carbons (Fsp3) is 0.769. The largest absolute Gasteiger partial charge is 0.460 e. The minimum atomic E-state index is -7.52. The Bertz CT molecular complexity index is 528. The summed E-state index contributed by atoms with van der Waals surface area (Å²) >= 11 is 0. The number of alkyl halides is 11. The van der Waals surface area contributed by atoms with Crippen LogP contribution in [0.2, 0.25) is 0 Å². The highest BCUT2D eigenvalue weighted by Gasteiger charge is 2.89. The summed E-state index contributed by atoms with van der Waals surface area (Å²) in [5, 5.41) is 9.20. The SMILES string of the molecule is C=CC(=O)OCC(O)COCCC(F)(F)C(F)(F)C(F)(C(F)(F)F)C(F)(F)F. The van der Waals surface area contributed by atoms with Gasteiger partial charge in [0, 0.05) is 12.5 Å². The fourth-order valence-electron chi connectivity index (χ4n) is 1.63. The zero-order valence-electron chi connectivity index (χ0n) is 13.5. The van der Waals surface area contributed by atoms with Crippen LogP contribution in [0.25, 0.3) is 0 Å². The van der Waals surface area contributed by atoms with Gasteiger partial charge in [0.1, 0.15) is 12.7 Å². The Morgan fingerprint density at radius 1 is 0.929 bits per heavy atom. The quantitative estimate of drug-likeness (QED) is 0.243. The topological polar surface area (TPSA) is 55.8 Å². The van der Waals surface area contributed by atoms with Crippen LogP contribution in [0.4, 0.5) is 48.3 Å². The van der Waals surface area contributed by atoms with E-state index in [0.717, 1.165) is 0 Å². The first-order chi connectivity index (χ1) is 12.3. The minimum absolute atomic E-state index is 0.681. The summed E-state index contributed by atoms with van der Waals surface area (Å²) in [6.45, 7) is -0.334. The lowest BCUT2D eigenvalue weighted by atomic mass is 9.89. The first-order valence-electron chi connectivity index (χ1n) is 6.98. The maximum absolute atomic E-state index is 13.4. The van der Waals surface area contributed by atoms with Gasteiger partial charge < -0.3 is 14.6 Å². The molecule has 0 aromatic carbocycles. The Hall–Kier alpha value is -1.64. The van der Waals surface area contributed by atoms with Gasteiger partial charge in [0.05, 0.1) is 13.2 Å². The number of aliphatic hydroxyl groups excluding tert-OH is 1. The molecule has 4 nitrogen and oxygen atoms in total. The molecule has 1 N–H and O–H groups in total. The smallest absolute Gasteiger partial charge is 0.438 e. The molecule has 15 heteroatoms. The zero-order chi connectivity index (χ0) is 22.6. The monoisotopic (exact) mass is 442 g/mol. The van der Waals surface area contributed by atoms with Gasteiger partial charge in [-0.1, -0.05) is 6.58 Å². The summed E-state index contributed by atoms with van der Waals surface area (Å²) in [6, 6.07) is 0. The number of hydrogen-bond donors (Lipinski definition) is 1. The summed E-state index contributed by atoms with van der Waals surface area (Å²) in [4.78, 5) is 10.7. The molecule has 0 saturated carbocycles. The number of rotatable bonds is 10.